The predicted molar refractivity (Wildman–Crippen MR) is 189 cm³/mol. The number of nitro groups is 1. The number of ether oxygens (including phenoxy) is 7. The molecule has 0 N–H and O–H groups in total. The Morgan fingerprint density at radius 3 is 2.48 bits per heavy atom. The predicted octanol–water partition coefficient (Wildman–Crippen LogP) is 6.31. The van der Waals surface area contributed by atoms with Crippen LogP contribution in [0, 0.1) is 22.0 Å². The molecule has 4 heterocycles. The van der Waals surface area contributed by atoms with E-state index in [1.54, 1.807) is 17.0 Å². The van der Waals surface area contributed by atoms with Gasteiger partial charge in [0.2, 0.25) is 6.79 Å². The monoisotopic (exact) mass is 717 g/mol. The first-order chi connectivity index (χ1) is 25.0. The number of nitrogens with zero attached hydrogens (tertiary/aromatic N) is 3. The van der Waals surface area contributed by atoms with Crippen molar-refractivity contribution in [2.24, 2.45) is 11.8 Å². The van der Waals surface area contributed by atoms with E-state index in [0.29, 0.717) is 44.4 Å². The third kappa shape index (κ3) is 8.12. The smallest absolute Gasteiger partial charge is 0.412 e. The van der Waals surface area contributed by atoms with Gasteiger partial charge in [0.1, 0.15) is 24.2 Å². The minimum absolute atomic E-state index is 0.0200. The van der Waals surface area contributed by atoms with Crippen LogP contribution in [0.2, 0.25) is 0 Å². The van der Waals surface area contributed by atoms with E-state index in [0.717, 1.165) is 41.2 Å². The fourth-order valence-corrected chi connectivity index (χ4v) is 7.66. The number of benzene rings is 3. The Hall–Kier alpha value is -4.43. The summed E-state index contributed by atoms with van der Waals surface area (Å²) in [7, 11) is 0. The molecular weight excluding hydrogens is 670 g/mol. The van der Waals surface area contributed by atoms with Gasteiger partial charge in [-0.25, -0.2) is 4.79 Å². The summed E-state index contributed by atoms with van der Waals surface area (Å²) in [5.74, 6) is 2.58. The standard InChI is InChI=1S/C39H47N3O10/c1-25(2)19-40(20-28-9-14-33-34(18-28)50-24-49-33)21-35-32(41(39(3,4)52-35)38(43)51-36-23-48-37-31(36)15-16-46-37)17-26-7-12-30(13-8-26)47-22-27-5-10-29(11-6-27)42(44)45/h5-14,18,25,31-32,35-37H,15-17,19-24H2,1-4H3/t31-,32-,35+,36-,37+/m0/s1. The van der Waals surface area contributed by atoms with Gasteiger partial charge < -0.3 is 33.2 Å². The Labute approximate surface area is 303 Å². The highest BCUT2D eigenvalue weighted by atomic mass is 16.7. The summed E-state index contributed by atoms with van der Waals surface area (Å²) in [5.41, 5.74) is 2.04. The Bertz CT molecular complexity index is 1720. The first kappa shape index (κ1) is 36.0. The van der Waals surface area contributed by atoms with Gasteiger partial charge in [-0.05, 0) is 85.7 Å². The SMILES string of the molecule is CC(C)CN(Cc1ccc2c(c1)OCO2)C[C@H]1OC(C)(C)N(C(=O)O[C@H]2CO[C@H]3OCC[C@H]32)[C@H]1Cc1ccc(OCc2ccc([N+](=O)[O-])cc2)cc1. The molecule has 0 bridgehead atoms. The molecule has 3 saturated heterocycles. The Morgan fingerprint density at radius 2 is 1.73 bits per heavy atom. The molecule has 0 saturated carbocycles. The van der Waals surface area contributed by atoms with Gasteiger partial charge in [0.15, 0.2) is 17.8 Å². The molecule has 278 valence electrons. The van der Waals surface area contributed by atoms with E-state index in [2.05, 4.69) is 24.8 Å². The maximum atomic E-state index is 14.2. The minimum atomic E-state index is -0.937. The molecule has 4 aliphatic rings. The number of hydrogen-bond donors (Lipinski definition) is 0. The molecule has 1 amide bonds. The average molecular weight is 718 g/mol. The average Bonchev–Trinajstić information content (AvgIpc) is 3.89. The highest BCUT2D eigenvalue weighted by Crippen LogP contribution is 2.39. The molecule has 0 aliphatic carbocycles. The van der Waals surface area contributed by atoms with Gasteiger partial charge in [-0.2, -0.15) is 0 Å². The number of carbonyl (C=O) groups is 1. The molecular formula is C39H47N3O10. The van der Waals surface area contributed by atoms with Crippen molar-refractivity contribution in [3.8, 4) is 17.2 Å². The number of non-ortho nitro benzene ring substituents is 1. The number of amides is 1. The lowest BCUT2D eigenvalue weighted by Gasteiger charge is -2.34. The summed E-state index contributed by atoms with van der Waals surface area (Å²) >= 11 is 0. The van der Waals surface area contributed by atoms with Crippen LogP contribution in [0.1, 0.15) is 50.8 Å². The zero-order chi connectivity index (χ0) is 36.4. The van der Waals surface area contributed by atoms with E-state index in [1.807, 2.05) is 50.2 Å². The molecule has 52 heavy (non-hydrogen) atoms. The Morgan fingerprint density at radius 1 is 1.00 bits per heavy atom. The summed E-state index contributed by atoms with van der Waals surface area (Å²) in [6.45, 7) is 11.7. The lowest BCUT2D eigenvalue weighted by atomic mass is 9.99. The van der Waals surface area contributed by atoms with Crippen LogP contribution in [0.3, 0.4) is 0 Å². The highest BCUT2D eigenvalue weighted by molar-refractivity contribution is 5.70. The second kappa shape index (κ2) is 15.3. The van der Waals surface area contributed by atoms with Crippen LogP contribution in [0.5, 0.6) is 17.2 Å². The minimum Gasteiger partial charge on any atom is -0.489 e. The van der Waals surface area contributed by atoms with Gasteiger partial charge in [0.25, 0.3) is 5.69 Å². The third-order valence-corrected chi connectivity index (χ3v) is 10.0. The third-order valence-electron chi connectivity index (χ3n) is 10.0. The van der Waals surface area contributed by atoms with Crippen LogP contribution >= 0.6 is 0 Å². The molecule has 0 spiro atoms. The van der Waals surface area contributed by atoms with Crippen LogP contribution in [-0.4, -0.2) is 84.2 Å². The summed E-state index contributed by atoms with van der Waals surface area (Å²) in [4.78, 5) is 28.9. The van der Waals surface area contributed by atoms with Gasteiger partial charge in [0, 0.05) is 31.8 Å². The molecule has 5 atom stereocenters. The maximum absolute atomic E-state index is 14.2. The van der Waals surface area contributed by atoms with Crippen molar-refractivity contribution in [3.05, 3.63) is 93.5 Å². The fraction of sp³-hybridized carbons (Fsp3) is 0.513. The summed E-state index contributed by atoms with van der Waals surface area (Å²) in [6, 6.07) is 19.8. The number of carbonyl (C=O) groups excluding carboxylic acids is 1. The molecule has 0 radical (unpaired) electrons. The number of hydrogen-bond acceptors (Lipinski definition) is 11. The Balaban J connectivity index is 1.09. The number of fused-ring (bicyclic) bond motifs is 2. The largest absolute Gasteiger partial charge is 0.489 e. The van der Waals surface area contributed by atoms with Crippen molar-refractivity contribution in [2.45, 2.75) is 84.0 Å². The number of nitro benzene ring substituents is 1. The van der Waals surface area contributed by atoms with E-state index in [-0.39, 0.29) is 49.5 Å². The van der Waals surface area contributed by atoms with Gasteiger partial charge in [-0.15, -0.1) is 0 Å². The van der Waals surface area contributed by atoms with Crippen LogP contribution in [0.15, 0.2) is 66.7 Å². The summed E-state index contributed by atoms with van der Waals surface area (Å²) in [6.07, 6.45) is -0.139. The van der Waals surface area contributed by atoms with Crippen LogP contribution < -0.4 is 14.2 Å². The van der Waals surface area contributed by atoms with E-state index in [4.69, 9.17) is 33.2 Å². The first-order valence-corrected chi connectivity index (χ1v) is 18.0. The lowest BCUT2D eigenvalue weighted by Crippen LogP contribution is -2.51. The van der Waals surface area contributed by atoms with Crippen molar-refractivity contribution in [1.82, 2.24) is 9.80 Å². The van der Waals surface area contributed by atoms with Gasteiger partial charge in [0.05, 0.1) is 36.2 Å². The molecule has 13 heteroatoms. The molecule has 7 rings (SSSR count). The lowest BCUT2D eigenvalue weighted by molar-refractivity contribution is -0.384. The fourth-order valence-electron chi connectivity index (χ4n) is 7.66. The normalized spacial score (nSPS) is 24.4. The van der Waals surface area contributed by atoms with E-state index < -0.39 is 16.7 Å². The molecule has 0 unspecified atom stereocenters. The quantitative estimate of drug-likeness (QED) is 0.146. The van der Waals surface area contributed by atoms with Gasteiger partial charge in [-0.3, -0.25) is 19.9 Å². The number of rotatable bonds is 13. The zero-order valence-corrected chi connectivity index (χ0v) is 30.1. The van der Waals surface area contributed by atoms with Crippen molar-refractivity contribution < 1.29 is 42.9 Å². The van der Waals surface area contributed by atoms with Crippen molar-refractivity contribution >= 4 is 11.8 Å². The van der Waals surface area contributed by atoms with E-state index in [1.165, 1.54) is 12.1 Å². The highest BCUT2D eigenvalue weighted by Gasteiger charge is 2.52. The molecule has 3 aromatic rings. The molecule has 3 aromatic carbocycles. The van der Waals surface area contributed by atoms with Gasteiger partial charge in [-0.1, -0.05) is 32.0 Å². The topological polar surface area (TPSA) is 131 Å². The molecule has 13 nitrogen and oxygen atoms in total. The first-order valence-electron chi connectivity index (χ1n) is 18.0. The van der Waals surface area contributed by atoms with Gasteiger partial charge >= 0.3 is 6.09 Å². The maximum Gasteiger partial charge on any atom is 0.412 e. The molecule has 4 aliphatic heterocycles. The van der Waals surface area contributed by atoms with Crippen LogP contribution in [0.4, 0.5) is 10.5 Å². The molecule has 0 aromatic heterocycles. The van der Waals surface area contributed by atoms with Crippen LogP contribution in [0.25, 0.3) is 0 Å². The Kier molecular flexibility index (Phi) is 10.6. The van der Waals surface area contributed by atoms with Crippen molar-refractivity contribution in [2.75, 3.05) is 33.1 Å². The second-order valence-electron chi connectivity index (χ2n) is 14.8. The van der Waals surface area contributed by atoms with Crippen LogP contribution in [-0.2, 0) is 38.5 Å². The molecule has 3 fully saturated rings. The summed E-state index contributed by atoms with van der Waals surface area (Å²) in [5, 5.41) is 11.0. The van der Waals surface area contributed by atoms with Crippen molar-refractivity contribution in [1.29, 1.82) is 0 Å². The second-order valence-corrected chi connectivity index (χ2v) is 14.8. The van der Waals surface area contributed by atoms with E-state index in [9.17, 15) is 14.9 Å². The van der Waals surface area contributed by atoms with Crippen molar-refractivity contribution in [3.63, 3.8) is 0 Å². The van der Waals surface area contributed by atoms with E-state index >= 15 is 0 Å². The zero-order valence-electron chi connectivity index (χ0n) is 30.1. The summed E-state index contributed by atoms with van der Waals surface area (Å²) < 4.78 is 41.6.